The highest BCUT2D eigenvalue weighted by Crippen LogP contribution is 2.34. The first-order valence-electron chi connectivity index (χ1n) is 8.95. The summed E-state index contributed by atoms with van der Waals surface area (Å²) in [6.07, 6.45) is 1.32. The number of nitrogens with zero attached hydrogens (tertiary/aromatic N) is 1. The molecule has 3 rings (SSSR count). The van der Waals surface area contributed by atoms with Crippen LogP contribution in [-0.2, 0) is 9.59 Å². The number of rotatable bonds is 4. The minimum absolute atomic E-state index is 0.0914. The fraction of sp³-hybridized carbons (Fsp3) is 0.333. The van der Waals surface area contributed by atoms with E-state index in [4.69, 9.17) is 4.74 Å². The van der Waals surface area contributed by atoms with Gasteiger partial charge in [0.1, 0.15) is 11.6 Å². The molecule has 0 aromatic heterocycles. The highest BCUT2D eigenvalue weighted by atomic mass is 19.1. The van der Waals surface area contributed by atoms with Crippen LogP contribution in [0.4, 0.5) is 10.1 Å². The number of anilines is 1. The van der Waals surface area contributed by atoms with Gasteiger partial charge in [0.2, 0.25) is 11.8 Å². The quantitative estimate of drug-likeness (QED) is 0.891. The van der Waals surface area contributed by atoms with E-state index >= 15 is 0 Å². The van der Waals surface area contributed by atoms with Gasteiger partial charge in [0.25, 0.3) is 0 Å². The van der Waals surface area contributed by atoms with Crippen LogP contribution in [0.25, 0.3) is 0 Å². The molecule has 2 atom stereocenters. The molecule has 27 heavy (non-hydrogen) atoms. The minimum Gasteiger partial charge on any atom is -0.497 e. The molecule has 1 aliphatic heterocycles. The number of piperidine rings is 1. The van der Waals surface area contributed by atoms with Crippen molar-refractivity contribution in [3.8, 4) is 5.75 Å². The molecule has 1 fully saturated rings. The number of halogens is 1. The van der Waals surface area contributed by atoms with Crippen LogP contribution in [0.2, 0.25) is 0 Å². The minimum atomic E-state index is -0.305. The fourth-order valence-electron chi connectivity index (χ4n) is 3.48. The molecule has 0 radical (unpaired) electrons. The Kier molecular flexibility index (Phi) is 5.74. The highest BCUT2D eigenvalue weighted by Gasteiger charge is 2.34. The van der Waals surface area contributed by atoms with Crippen molar-refractivity contribution in [3.63, 3.8) is 0 Å². The molecule has 1 aliphatic rings. The number of carbonyl (C=O) groups excluding carboxylic acids is 2. The topological polar surface area (TPSA) is 58.6 Å². The van der Waals surface area contributed by atoms with E-state index in [-0.39, 0.29) is 29.6 Å². The van der Waals surface area contributed by atoms with Crippen LogP contribution in [0.5, 0.6) is 5.75 Å². The van der Waals surface area contributed by atoms with E-state index in [1.807, 2.05) is 0 Å². The summed E-state index contributed by atoms with van der Waals surface area (Å²) in [6.45, 7) is 1.85. The Morgan fingerprint density at radius 2 is 1.74 bits per heavy atom. The van der Waals surface area contributed by atoms with Crippen molar-refractivity contribution in [1.82, 2.24) is 4.90 Å². The lowest BCUT2D eigenvalue weighted by Gasteiger charge is -2.39. The van der Waals surface area contributed by atoms with Crippen molar-refractivity contribution in [2.75, 3.05) is 19.0 Å². The van der Waals surface area contributed by atoms with Crippen LogP contribution in [0.1, 0.15) is 31.4 Å². The van der Waals surface area contributed by atoms with Gasteiger partial charge in [-0.1, -0.05) is 12.1 Å². The number of ether oxygens (including phenoxy) is 1. The maximum absolute atomic E-state index is 13.2. The molecule has 1 saturated heterocycles. The summed E-state index contributed by atoms with van der Waals surface area (Å²) < 4.78 is 18.3. The van der Waals surface area contributed by atoms with Crippen LogP contribution >= 0.6 is 0 Å². The molecule has 0 bridgehead atoms. The molecule has 2 unspecified atom stereocenters. The Morgan fingerprint density at radius 1 is 1.07 bits per heavy atom. The van der Waals surface area contributed by atoms with E-state index < -0.39 is 0 Å². The summed E-state index contributed by atoms with van der Waals surface area (Å²) in [7, 11) is 1.59. The number of nitrogens with one attached hydrogen (secondary N) is 1. The molecule has 2 aromatic rings. The Labute approximate surface area is 158 Å². The summed E-state index contributed by atoms with van der Waals surface area (Å²) in [5.74, 6) is -0.0702. The molecule has 1 N–H and O–H groups in total. The van der Waals surface area contributed by atoms with E-state index in [0.29, 0.717) is 25.1 Å². The normalized spacial score (nSPS) is 19.4. The summed E-state index contributed by atoms with van der Waals surface area (Å²) >= 11 is 0. The third-order valence-corrected chi connectivity index (χ3v) is 4.97. The maximum Gasteiger partial charge on any atom is 0.229 e. The summed E-state index contributed by atoms with van der Waals surface area (Å²) in [6, 6.07) is 13.2. The smallest absolute Gasteiger partial charge is 0.229 e. The zero-order valence-electron chi connectivity index (χ0n) is 15.4. The van der Waals surface area contributed by atoms with Gasteiger partial charge in [-0.15, -0.1) is 0 Å². The van der Waals surface area contributed by atoms with Crippen molar-refractivity contribution in [2.45, 2.75) is 25.8 Å². The molecule has 142 valence electrons. The molecule has 0 spiro atoms. The number of carbonyl (C=O) groups is 2. The van der Waals surface area contributed by atoms with E-state index in [1.54, 1.807) is 48.4 Å². The van der Waals surface area contributed by atoms with Crippen molar-refractivity contribution >= 4 is 17.5 Å². The fourth-order valence-corrected chi connectivity index (χ4v) is 3.48. The van der Waals surface area contributed by atoms with Gasteiger partial charge in [0.15, 0.2) is 0 Å². The third kappa shape index (κ3) is 4.45. The number of likely N-dealkylation sites (tertiary alicyclic amines) is 1. The van der Waals surface area contributed by atoms with Crippen molar-refractivity contribution in [3.05, 3.63) is 59.9 Å². The predicted octanol–water partition coefficient (Wildman–Crippen LogP) is 3.77. The molecule has 1 heterocycles. The molecule has 0 saturated carbocycles. The largest absolute Gasteiger partial charge is 0.497 e. The molecular formula is C21H23FN2O3. The average Bonchev–Trinajstić information content (AvgIpc) is 2.68. The first-order valence-corrected chi connectivity index (χ1v) is 8.95. The Hall–Kier alpha value is -2.89. The second-order valence-corrected chi connectivity index (χ2v) is 6.73. The molecule has 2 aromatic carbocycles. The van der Waals surface area contributed by atoms with Gasteiger partial charge in [-0.2, -0.15) is 0 Å². The second-order valence-electron chi connectivity index (χ2n) is 6.73. The van der Waals surface area contributed by atoms with E-state index in [1.165, 1.54) is 19.1 Å². The number of hydrogen-bond acceptors (Lipinski definition) is 3. The number of hydrogen-bond donors (Lipinski definition) is 1. The zero-order valence-corrected chi connectivity index (χ0v) is 15.4. The first kappa shape index (κ1) is 18.9. The third-order valence-electron chi connectivity index (χ3n) is 4.97. The van der Waals surface area contributed by atoms with Gasteiger partial charge in [0.05, 0.1) is 19.1 Å². The molecular weight excluding hydrogens is 347 g/mol. The summed E-state index contributed by atoms with van der Waals surface area (Å²) in [5.41, 5.74) is 1.58. The van der Waals surface area contributed by atoms with Crippen molar-refractivity contribution < 1.29 is 18.7 Å². The van der Waals surface area contributed by atoms with Crippen molar-refractivity contribution in [1.29, 1.82) is 0 Å². The maximum atomic E-state index is 13.2. The molecule has 6 heteroatoms. The lowest BCUT2D eigenvalue weighted by Crippen LogP contribution is -2.44. The SMILES string of the molecule is COc1ccc(NC(=O)C2CCC(c3ccc(F)cc3)N(C(C)=O)C2)cc1. The molecule has 5 nitrogen and oxygen atoms in total. The van der Waals surface area contributed by atoms with Gasteiger partial charge in [-0.25, -0.2) is 4.39 Å². The predicted molar refractivity (Wildman–Crippen MR) is 101 cm³/mol. The van der Waals surface area contributed by atoms with Crippen LogP contribution in [0.15, 0.2) is 48.5 Å². The zero-order chi connectivity index (χ0) is 19.4. The molecule has 2 amide bonds. The van der Waals surface area contributed by atoms with Gasteiger partial charge in [0, 0.05) is 19.2 Å². The highest BCUT2D eigenvalue weighted by molar-refractivity contribution is 5.93. The van der Waals surface area contributed by atoms with Gasteiger partial charge in [-0.3, -0.25) is 9.59 Å². The van der Waals surface area contributed by atoms with Crippen LogP contribution in [0, 0.1) is 11.7 Å². The van der Waals surface area contributed by atoms with Crippen LogP contribution in [0.3, 0.4) is 0 Å². The van der Waals surface area contributed by atoms with Crippen LogP contribution in [-0.4, -0.2) is 30.4 Å². The Morgan fingerprint density at radius 3 is 2.33 bits per heavy atom. The summed E-state index contributed by atoms with van der Waals surface area (Å²) in [5, 5.41) is 2.90. The van der Waals surface area contributed by atoms with E-state index in [9.17, 15) is 14.0 Å². The number of benzene rings is 2. The van der Waals surface area contributed by atoms with Gasteiger partial charge >= 0.3 is 0 Å². The number of methoxy groups -OCH3 is 1. The standard InChI is InChI=1S/C21H23FN2O3/c1-14(25)24-13-16(5-12-20(24)15-3-6-17(22)7-4-15)21(26)23-18-8-10-19(27-2)11-9-18/h3-4,6-11,16,20H,5,12-13H2,1-2H3,(H,23,26). The Bertz CT molecular complexity index is 805. The lowest BCUT2D eigenvalue weighted by atomic mass is 9.88. The average molecular weight is 370 g/mol. The van der Waals surface area contributed by atoms with E-state index in [0.717, 1.165) is 11.3 Å². The lowest BCUT2D eigenvalue weighted by molar-refractivity contribution is -0.135. The monoisotopic (exact) mass is 370 g/mol. The second kappa shape index (κ2) is 8.20. The van der Waals surface area contributed by atoms with Crippen molar-refractivity contribution in [2.24, 2.45) is 5.92 Å². The van der Waals surface area contributed by atoms with Gasteiger partial charge < -0.3 is 15.0 Å². The first-order chi connectivity index (χ1) is 13.0. The van der Waals surface area contributed by atoms with E-state index in [2.05, 4.69) is 5.32 Å². The van der Waals surface area contributed by atoms with Gasteiger partial charge in [-0.05, 0) is 54.8 Å². The Balaban J connectivity index is 1.69. The van der Waals surface area contributed by atoms with Crippen LogP contribution < -0.4 is 10.1 Å². The summed E-state index contributed by atoms with van der Waals surface area (Å²) in [4.78, 5) is 26.5. The number of amides is 2. The molecule has 0 aliphatic carbocycles.